The Bertz CT molecular complexity index is 2120. The molecule has 660 valence electrons. The summed E-state index contributed by atoms with van der Waals surface area (Å²) in [5.41, 5.74) is 0. The molecule has 0 bridgehead atoms. The van der Waals surface area contributed by atoms with E-state index in [0.717, 1.165) is 102 Å². The van der Waals surface area contributed by atoms with Crippen LogP contribution in [-0.2, 0) is 65.4 Å². The maximum absolute atomic E-state index is 13.2. The van der Waals surface area contributed by atoms with Gasteiger partial charge in [-0.15, -0.1) is 0 Å². The van der Waals surface area contributed by atoms with E-state index in [2.05, 4.69) is 41.5 Å². The molecular weight excluding hydrogens is 1440 g/mol. The molecule has 0 spiro atoms. The van der Waals surface area contributed by atoms with Crippen molar-refractivity contribution >= 4 is 39.5 Å². The van der Waals surface area contributed by atoms with Crippen LogP contribution < -0.4 is 0 Å². The SMILES string of the molecule is CCCCCCCCCCCCCCCCCCCCCC(=O)O[C@H](COC(=O)CCCCCCCCCCCCCC)COP(=O)(O)OC[C@H](O)COP(=O)(O)OC[C@@H](COC(=O)CCCCCCCCCCCCCCCCCCC(C)C)OC(=O)CCCCCCCCCCCCCCCCCCCCC(C)C. The van der Waals surface area contributed by atoms with Gasteiger partial charge in [0.15, 0.2) is 12.2 Å². The molecule has 0 aromatic heterocycles. The van der Waals surface area contributed by atoms with Crippen molar-refractivity contribution in [3.8, 4) is 0 Å². The minimum atomic E-state index is -4.97. The molecule has 0 fully saturated rings. The second kappa shape index (κ2) is 83.1. The summed E-state index contributed by atoms with van der Waals surface area (Å²) in [7, 11) is -9.94. The van der Waals surface area contributed by atoms with Gasteiger partial charge in [0.05, 0.1) is 26.4 Å². The molecule has 0 saturated carbocycles. The van der Waals surface area contributed by atoms with Crippen molar-refractivity contribution in [3.63, 3.8) is 0 Å². The Labute approximate surface area is 683 Å². The Morgan fingerprint density at radius 2 is 0.414 bits per heavy atom. The molecule has 19 heteroatoms. The van der Waals surface area contributed by atoms with Gasteiger partial charge in [0.25, 0.3) is 0 Å². The first-order valence-corrected chi connectivity index (χ1v) is 50.5. The maximum atomic E-state index is 13.2. The highest BCUT2D eigenvalue weighted by molar-refractivity contribution is 7.47. The highest BCUT2D eigenvalue weighted by atomic mass is 31.2. The molecule has 17 nitrogen and oxygen atoms in total. The number of phosphoric ester groups is 2. The van der Waals surface area contributed by atoms with Gasteiger partial charge in [0.1, 0.15) is 19.3 Å². The molecule has 0 aromatic rings. The van der Waals surface area contributed by atoms with E-state index in [1.54, 1.807) is 0 Å². The summed E-state index contributed by atoms with van der Waals surface area (Å²) in [5.74, 6) is -0.460. The number of unbranched alkanes of at least 4 members (excludes halogenated alkanes) is 61. The van der Waals surface area contributed by atoms with E-state index in [9.17, 15) is 43.2 Å². The van der Waals surface area contributed by atoms with Gasteiger partial charge in [0.2, 0.25) is 0 Å². The van der Waals surface area contributed by atoms with Crippen molar-refractivity contribution in [1.29, 1.82) is 0 Å². The fourth-order valence-electron chi connectivity index (χ4n) is 14.5. The molecule has 0 aliphatic rings. The number of aliphatic hydroxyl groups excluding tert-OH is 1. The molecule has 0 aliphatic carbocycles. The first-order chi connectivity index (χ1) is 53.9. The largest absolute Gasteiger partial charge is 0.472 e. The Morgan fingerprint density at radius 1 is 0.243 bits per heavy atom. The molecule has 0 aliphatic heterocycles. The summed E-state index contributed by atoms with van der Waals surface area (Å²) in [6.07, 6.45) is 77.8. The Morgan fingerprint density at radius 3 is 0.613 bits per heavy atom. The van der Waals surface area contributed by atoms with Gasteiger partial charge in [-0.05, 0) is 37.5 Å². The van der Waals surface area contributed by atoms with Gasteiger partial charge in [-0.1, -0.05) is 446 Å². The predicted octanol–water partition coefficient (Wildman–Crippen LogP) is 28.6. The van der Waals surface area contributed by atoms with E-state index in [-0.39, 0.29) is 25.7 Å². The maximum Gasteiger partial charge on any atom is 0.472 e. The van der Waals surface area contributed by atoms with Crippen molar-refractivity contribution in [3.05, 3.63) is 0 Å². The van der Waals surface area contributed by atoms with E-state index in [0.29, 0.717) is 25.7 Å². The van der Waals surface area contributed by atoms with Crippen LogP contribution in [0.15, 0.2) is 0 Å². The Kier molecular flexibility index (Phi) is 81.7. The van der Waals surface area contributed by atoms with E-state index >= 15 is 0 Å². The lowest BCUT2D eigenvalue weighted by Crippen LogP contribution is -2.30. The summed E-state index contributed by atoms with van der Waals surface area (Å²) >= 11 is 0. The van der Waals surface area contributed by atoms with Crippen LogP contribution in [0, 0.1) is 11.8 Å². The van der Waals surface area contributed by atoms with Crippen LogP contribution in [0.4, 0.5) is 0 Å². The van der Waals surface area contributed by atoms with Crippen LogP contribution in [0.5, 0.6) is 0 Å². The van der Waals surface area contributed by atoms with Gasteiger partial charge in [-0.25, -0.2) is 9.13 Å². The van der Waals surface area contributed by atoms with E-state index in [1.165, 1.54) is 315 Å². The average molecular weight is 1620 g/mol. The first-order valence-electron chi connectivity index (χ1n) is 47.5. The van der Waals surface area contributed by atoms with Crippen LogP contribution in [-0.4, -0.2) is 96.7 Å². The van der Waals surface area contributed by atoms with Gasteiger partial charge < -0.3 is 33.8 Å². The van der Waals surface area contributed by atoms with E-state index in [4.69, 9.17) is 37.0 Å². The van der Waals surface area contributed by atoms with Crippen LogP contribution in [0.25, 0.3) is 0 Å². The van der Waals surface area contributed by atoms with Gasteiger partial charge >= 0.3 is 39.5 Å². The number of esters is 4. The minimum absolute atomic E-state index is 0.109. The third-order valence-corrected chi connectivity index (χ3v) is 23.6. The first kappa shape index (κ1) is 109. The number of hydrogen-bond acceptors (Lipinski definition) is 15. The summed E-state index contributed by atoms with van der Waals surface area (Å²) in [6, 6.07) is 0. The van der Waals surface area contributed by atoms with E-state index in [1.807, 2.05) is 0 Å². The van der Waals surface area contributed by atoms with Crippen molar-refractivity contribution in [1.82, 2.24) is 0 Å². The third-order valence-electron chi connectivity index (χ3n) is 21.7. The predicted molar refractivity (Wildman–Crippen MR) is 460 cm³/mol. The second-order valence-electron chi connectivity index (χ2n) is 34.0. The zero-order valence-corrected chi connectivity index (χ0v) is 75.1. The summed E-state index contributed by atoms with van der Waals surface area (Å²) < 4.78 is 69.1. The molecule has 0 saturated heterocycles. The number of aliphatic hydroxyl groups is 1. The van der Waals surface area contributed by atoms with Crippen LogP contribution in [0.2, 0.25) is 0 Å². The van der Waals surface area contributed by atoms with Gasteiger partial charge in [-0.3, -0.25) is 37.3 Å². The summed E-state index contributed by atoms with van der Waals surface area (Å²) in [6.45, 7) is 9.78. The molecule has 3 N–H and O–H groups in total. The zero-order chi connectivity index (χ0) is 81.3. The smallest absolute Gasteiger partial charge is 0.462 e. The number of ether oxygens (including phenoxy) is 4. The monoisotopic (exact) mass is 1620 g/mol. The lowest BCUT2D eigenvalue weighted by Gasteiger charge is -2.21. The molecule has 0 rings (SSSR count). The van der Waals surface area contributed by atoms with Crippen molar-refractivity contribution in [2.24, 2.45) is 11.8 Å². The van der Waals surface area contributed by atoms with Crippen molar-refractivity contribution in [2.75, 3.05) is 39.6 Å². The summed E-state index contributed by atoms with van der Waals surface area (Å²) in [4.78, 5) is 73.5. The van der Waals surface area contributed by atoms with Crippen LogP contribution >= 0.6 is 15.6 Å². The molecule has 5 atom stereocenters. The van der Waals surface area contributed by atoms with Crippen LogP contribution in [0.1, 0.15) is 497 Å². The van der Waals surface area contributed by atoms with Crippen molar-refractivity contribution < 1.29 is 80.2 Å². The zero-order valence-electron chi connectivity index (χ0n) is 73.3. The standard InChI is InChI=1S/C92H180O17P2/c1-7-9-11-13-15-17-19-21-22-23-24-28-35-40-46-52-58-64-70-76-91(96)108-87(80-102-89(94)74-68-62-56-50-44-20-18-16-14-12-10-8-2)82-106-110(98,99)104-78-86(93)79-105-111(100,101)107-83-88(81-103-90(95)75-69-63-57-51-45-39-34-31-30-33-38-43-49-55-61-67-73-85(5)6)109-92(97)77-71-65-59-53-47-41-36-29-26-25-27-32-37-42-48-54-60-66-72-84(3)4/h84-88,93H,7-83H2,1-6H3,(H,98,99)(H,100,101)/t86-,87+,88+/m0/s1. The minimum Gasteiger partial charge on any atom is -0.462 e. The molecule has 0 amide bonds. The molecule has 0 aromatic carbocycles. The van der Waals surface area contributed by atoms with Crippen LogP contribution in [0.3, 0.4) is 0 Å². The Balaban J connectivity index is 5.25. The van der Waals surface area contributed by atoms with Crippen molar-refractivity contribution in [2.45, 2.75) is 516 Å². The highest BCUT2D eigenvalue weighted by Crippen LogP contribution is 2.45. The topological polar surface area (TPSA) is 237 Å². The number of hydrogen-bond donors (Lipinski definition) is 3. The molecular formula is C92H180O17P2. The molecule has 111 heavy (non-hydrogen) atoms. The highest BCUT2D eigenvalue weighted by Gasteiger charge is 2.31. The molecule has 0 heterocycles. The lowest BCUT2D eigenvalue weighted by atomic mass is 10.0. The number of phosphoric acid groups is 2. The summed E-state index contributed by atoms with van der Waals surface area (Å²) in [5, 5.41) is 10.7. The fourth-order valence-corrected chi connectivity index (χ4v) is 16.1. The number of carbonyl (C=O) groups is 4. The fraction of sp³-hybridized carbons (Fsp3) is 0.957. The average Bonchev–Trinajstić information content (AvgIpc) is 0.900. The van der Waals surface area contributed by atoms with E-state index < -0.39 is 97.5 Å². The van der Waals surface area contributed by atoms with Gasteiger partial charge in [-0.2, -0.15) is 0 Å². The van der Waals surface area contributed by atoms with Gasteiger partial charge in [0, 0.05) is 25.7 Å². The lowest BCUT2D eigenvalue weighted by molar-refractivity contribution is -0.161. The quantitative estimate of drug-likeness (QED) is 0.0222. The molecule has 2 unspecified atom stereocenters. The number of rotatable bonds is 91. The normalized spacial score (nSPS) is 13.7. The molecule has 0 radical (unpaired) electrons. The second-order valence-corrected chi connectivity index (χ2v) is 36.9. The third kappa shape index (κ3) is 85.8. The Hall–Kier alpha value is -1.94. The number of carbonyl (C=O) groups excluding carboxylic acids is 4.